The summed E-state index contributed by atoms with van der Waals surface area (Å²) >= 11 is 0. The molecule has 1 atom stereocenters. The molecule has 148 valence electrons. The highest BCUT2D eigenvalue weighted by Crippen LogP contribution is 2.11. The fraction of sp³-hybridized carbons (Fsp3) is 0.938. The molecule has 3 N–H and O–H groups in total. The zero-order valence-electron chi connectivity index (χ0n) is 15.9. The number of nitrogens with one attached hydrogen (secondary N) is 3. The number of sulfonamides is 1. The number of aliphatic imine (C=N–C) groups is 1. The van der Waals surface area contributed by atoms with Gasteiger partial charge in [0, 0.05) is 33.4 Å². The van der Waals surface area contributed by atoms with Gasteiger partial charge in [0.15, 0.2) is 5.96 Å². The quantitative estimate of drug-likeness (QED) is 0.377. The van der Waals surface area contributed by atoms with E-state index >= 15 is 0 Å². The van der Waals surface area contributed by atoms with Crippen molar-refractivity contribution in [1.29, 1.82) is 0 Å². The number of methoxy groups -OCH3 is 1. The van der Waals surface area contributed by atoms with Crippen LogP contribution in [0.25, 0.3) is 0 Å². The van der Waals surface area contributed by atoms with Gasteiger partial charge in [-0.3, -0.25) is 4.99 Å². The highest BCUT2D eigenvalue weighted by Gasteiger charge is 2.18. The van der Waals surface area contributed by atoms with E-state index in [0.717, 1.165) is 19.3 Å². The monoisotopic (exact) mass is 378 g/mol. The fourth-order valence-electron chi connectivity index (χ4n) is 2.24. The lowest BCUT2D eigenvalue weighted by Gasteiger charge is -2.23. The van der Waals surface area contributed by atoms with Gasteiger partial charge < -0.3 is 20.1 Å². The normalized spacial score (nSPS) is 19.7. The van der Waals surface area contributed by atoms with E-state index in [1.807, 2.05) is 20.8 Å². The Bertz CT molecular complexity index is 502. The lowest BCUT2D eigenvalue weighted by atomic mass is 10.1. The van der Waals surface area contributed by atoms with E-state index in [1.165, 1.54) is 0 Å². The van der Waals surface area contributed by atoms with Crippen LogP contribution in [0.2, 0.25) is 0 Å². The van der Waals surface area contributed by atoms with E-state index in [4.69, 9.17) is 9.47 Å². The van der Waals surface area contributed by atoms with Gasteiger partial charge in [0.1, 0.15) is 0 Å². The minimum Gasteiger partial charge on any atom is -0.377 e. The van der Waals surface area contributed by atoms with Crippen molar-refractivity contribution in [3.8, 4) is 0 Å². The molecule has 0 aromatic heterocycles. The lowest BCUT2D eigenvalue weighted by Crippen LogP contribution is -2.43. The number of rotatable bonds is 10. The van der Waals surface area contributed by atoms with Crippen LogP contribution in [0.1, 0.15) is 40.0 Å². The standard InChI is InChI=1S/C16H34N4O4S/c1-5-17-15(19-13-16(2,3)23-4)18-9-11-25(21,22)20-12-14-8-6-7-10-24-14/h14,20H,5-13H2,1-4H3,(H2,17,18,19). The molecule has 1 unspecified atom stereocenters. The van der Waals surface area contributed by atoms with Crippen LogP contribution in [0.15, 0.2) is 4.99 Å². The minimum absolute atomic E-state index is 0.00774. The fourth-order valence-corrected chi connectivity index (χ4v) is 3.19. The molecule has 1 saturated heterocycles. The van der Waals surface area contributed by atoms with Crippen molar-refractivity contribution in [2.24, 2.45) is 4.99 Å². The van der Waals surface area contributed by atoms with E-state index in [9.17, 15) is 8.42 Å². The van der Waals surface area contributed by atoms with Crippen molar-refractivity contribution in [3.63, 3.8) is 0 Å². The lowest BCUT2D eigenvalue weighted by molar-refractivity contribution is 0.0200. The van der Waals surface area contributed by atoms with Crippen molar-refractivity contribution in [3.05, 3.63) is 0 Å². The molecular formula is C16H34N4O4S. The predicted octanol–water partition coefficient (Wildman–Crippen LogP) is 0.455. The zero-order chi connectivity index (χ0) is 18.8. The third-order valence-electron chi connectivity index (χ3n) is 3.98. The van der Waals surface area contributed by atoms with E-state index < -0.39 is 10.0 Å². The summed E-state index contributed by atoms with van der Waals surface area (Å²) in [6, 6.07) is 0. The molecule has 0 saturated carbocycles. The molecule has 25 heavy (non-hydrogen) atoms. The Morgan fingerprint density at radius 1 is 1.32 bits per heavy atom. The SMILES string of the molecule is CCNC(=NCC(C)(C)OC)NCCS(=O)(=O)NCC1CCCCO1. The Balaban J connectivity index is 2.38. The molecule has 8 nitrogen and oxygen atoms in total. The van der Waals surface area contributed by atoms with Crippen molar-refractivity contribution in [1.82, 2.24) is 15.4 Å². The Morgan fingerprint density at radius 2 is 2.08 bits per heavy atom. The summed E-state index contributed by atoms with van der Waals surface area (Å²) in [6.45, 7) is 8.36. The molecule has 0 spiro atoms. The average Bonchev–Trinajstić information content (AvgIpc) is 2.59. The summed E-state index contributed by atoms with van der Waals surface area (Å²) in [4.78, 5) is 4.43. The van der Waals surface area contributed by atoms with Gasteiger partial charge >= 0.3 is 0 Å². The van der Waals surface area contributed by atoms with Crippen molar-refractivity contribution in [2.75, 3.05) is 45.6 Å². The molecule has 0 bridgehead atoms. The van der Waals surface area contributed by atoms with E-state index in [-0.39, 0.29) is 24.0 Å². The Labute approximate surface area is 152 Å². The Morgan fingerprint density at radius 3 is 2.68 bits per heavy atom. The van der Waals surface area contributed by atoms with Crippen LogP contribution >= 0.6 is 0 Å². The van der Waals surface area contributed by atoms with Gasteiger partial charge in [-0.05, 0) is 40.0 Å². The summed E-state index contributed by atoms with van der Waals surface area (Å²) in [7, 11) is -1.70. The molecular weight excluding hydrogens is 344 g/mol. The number of guanidine groups is 1. The molecule has 0 aromatic carbocycles. The largest absolute Gasteiger partial charge is 0.377 e. The maximum Gasteiger partial charge on any atom is 0.213 e. The molecule has 0 aliphatic carbocycles. The van der Waals surface area contributed by atoms with Crippen LogP contribution in [0.4, 0.5) is 0 Å². The van der Waals surface area contributed by atoms with Crippen LogP contribution in [-0.2, 0) is 19.5 Å². The molecule has 0 radical (unpaired) electrons. The third-order valence-corrected chi connectivity index (χ3v) is 5.33. The highest BCUT2D eigenvalue weighted by molar-refractivity contribution is 7.89. The zero-order valence-corrected chi connectivity index (χ0v) is 16.7. The summed E-state index contributed by atoms with van der Waals surface area (Å²) in [5.41, 5.74) is -0.365. The van der Waals surface area contributed by atoms with Crippen LogP contribution < -0.4 is 15.4 Å². The maximum absolute atomic E-state index is 12.1. The molecule has 0 amide bonds. The maximum atomic E-state index is 12.1. The van der Waals surface area contributed by atoms with Crippen LogP contribution in [0.3, 0.4) is 0 Å². The first kappa shape index (κ1) is 22.1. The number of hydrogen-bond donors (Lipinski definition) is 3. The number of hydrogen-bond acceptors (Lipinski definition) is 5. The van der Waals surface area contributed by atoms with Gasteiger partial charge in [-0.25, -0.2) is 13.1 Å². The summed E-state index contributed by atoms with van der Waals surface area (Å²) in [5.74, 6) is 0.566. The van der Waals surface area contributed by atoms with Crippen molar-refractivity contribution >= 4 is 16.0 Å². The molecule has 1 aliphatic rings. The first-order valence-electron chi connectivity index (χ1n) is 8.94. The van der Waals surface area contributed by atoms with E-state index in [0.29, 0.717) is 32.2 Å². The smallest absolute Gasteiger partial charge is 0.213 e. The van der Waals surface area contributed by atoms with Crippen LogP contribution in [-0.4, -0.2) is 71.7 Å². The van der Waals surface area contributed by atoms with E-state index in [1.54, 1.807) is 7.11 Å². The highest BCUT2D eigenvalue weighted by atomic mass is 32.2. The topological polar surface area (TPSA) is 101 Å². The van der Waals surface area contributed by atoms with Gasteiger partial charge in [0.25, 0.3) is 0 Å². The van der Waals surface area contributed by atoms with Crippen LogP contribution in [0.5, 0.6) is 0 Å². The second kappa shape index (κ2) is 10.9. The predicted molar refractivity (Wildman–Crippen MR) is 100 cm³/mol. The van der Waals surface area contributed by atoms with Gasteiger partial charge in [-0.2, -0.15) is 0 Å². The van der Waals surface area contributed by atoms with Gasteiger partial charge in [-0.1, -0.05) is 0 Å². The summed E-state index contributed by atoms with van der Waals surface area (Å²) in [6.07, 6.45) is 3.05. The van der Waals surface area contributed by atoms with Gasteiger partial charge in [0.2, 0.25) is 10.0 Å². The average molecular weight is 379 g/mol. The van der Waals surface area contributed by atoms with Crippen LogP contribution in [0, 0.1) is 0 Å². The van der Waals surface area contributed by atoms with Gasteiger partial charge in [-0.15, -0.1) is 0 Å². The first-order valence-corrected chi connectivity index (χ1v) is 10.6. The van der Waals surface area contributed by atoms with Crippen molar-refractivity contribution < 1.29 is 17.9 Å². The van der Waals surface area contributed by atoms with Gasteiger partial charge in [0.05, 0.1) is 24.0 Å². The third kappa shape index (κ3) is 9.98. The molecule has 9 heteroatoms. The summed E-state index contributed by atoms with van der Waals surface area (Å²) < 4.78 is 37.7. The first-order chi connectivity index (χ1) is 11.8. The second-order valence-corrected chi connectivity index (χ2v) is 8.67. The molecule has 0 aromatic rings. The summed E-state index contributed by atoms with van der Waals surface area (Å²) in [5, 5.41) is 6.14. The molecule has 1 aliphatic heterocycles. The Hall–Kier alpha value is -0.900. The number of nitrogens with zero attached hydrogens (tertiary/aromatic N) is 1. The molecule has 1 rings (SSSR count). The number of ether oxygens (including phenoxy) is 2. The Kier molecular flexibility index (Phi) is 9.70. The van der Waals surface area contributed by atoms with E-state index in [2.05, 4.69) is 20.3 Å². The second-order valence-electron chi connectivity index (χ2n) is 6.74. The van der Waals surface area contributed by atoms with Crippen molar-refractivity contribution in [2.45, 2.75) is 51.7 Å². The minimum atomic E-state index is -3.34. The molecule has 1 heterocycles. The molecule has 1 fully saturated rings.